The van der Waals surface area contributed by atoms with Crippen LogP contribution >= 0.6 is 0 Å². The summed E-state index contributed by atoms with van der Waals surface area (Å²) in [5.41, 5.74) is 2.34. The third-order valence-electron chi connectivity index (χ3n) is 3.20. The van der Waals surface area contributed by atoms with E-state index in [1.54, 1.807) is 26.4 Å². The van der Waals surface area contributed by atoms with Gasteiger partial charge in [-0.05, 0) is 32.0 Å². The minimum Gasteiger partial charge on any atom is -0.491 e. The van der Waals surface area contributed by atoms with Crippen molar-refractivity contribution >= 4 is 11.6 Å². The Morgan fingerprint density at radius 1 is 1.26 bits per heavy atom. The summed E-state index contributed by atoms with van der Waals surface area (Å²) in [6, 6.07) is 11.5. The molecule has 0 aliphatic rings. The van der Waals surface area contributed by atoms with Gasteiger partial charge in [0.1, 0.15) is 11.4 Å². The zero-order valence-electron chi connectivity index (χ0n) is 14.0. The largest absolute Gasteiger partial charge is 0.491 e. The molecule has 0 saturated heterocycles. The van der Waals surface area contributed by atoms with E-state index in [2.05, 4.69) is 10.3 Å². The van der Waals surface area contributed by atoms with E-state index in [9.17, 15) is 4.79 Å². The molecular weight excluding hydrogens is 290 g/mol. The maximum absolute atomic E-state index is 12.0. The van der Waals surface area contributed by atoms with Crippen molar-refractivity contribution in [2.24, 2.45) is 0 Å². The summed E-state index contributed by atoms with van der Waals surface area (Å²) in [7, 11) is 3.42. The number of rotatable bonds is 6. The quantitative estimate of drug-likeness (QED) is 0.890. The second kappa shape index (κ2) is 7.63. The Kier molecular flexibility index (Phi) is 5.57. The molecule has 0 saturated carbocycles. The molecule has 1 amide bonds. The standard InChI is InChI=1S/C18H23N3O2/c1-13(2)23-17-8-6-5-7-14(17)12-20-15-9-10-19-16(11-15)18(22)21(3)4/h5-11,13H,12H2,1-4H3,(H,19,20). The number of benzene rings is 1. The average molecular weight is 313 g/mol. The Bertz CT molecular complexity index is 669. The van der Waals surface area contributed by atoms with Crippen LogP contribution in [0.1, 0.15) is 29.9 Å². The normalized spacial score (nSPS) is 10.5. The fourth-order valence-corrected chi connectivity index (χ4v) is 2.10. The smallest absolute Gasteiger partial charge is 0.272 e. The van der Waals surface area contributed by atoms with Gasteiger partial charge in [0.15, 0.2) is 0 Å². The van der Waals surface area contributed by atoms with Gasteiger partial charge in [-0.15, -0.1) is 0 Å². The van der Waals surface area contributed by atoms with Crippen LogP contribution in [0.5, 0.6) is 5.75 Å². The van der Waals surface area contributed by atoms with Crippen LogP contribution in [-0.4, -0.2) is 36.0 Å². The highest BCUT2D eigenvalue weighted by atomic mass is 16.5. The summed E-state index contributed by atoms with van der Waals surface area (Å²) in [4.78, 5) is 17.6. The molecule has 0 unspecified atom stereocenters. The Labute approximate surface area is 137 Å². The van der Waals surface area contributed by atoms with Crippen molar-refractivity contribution in [1.29, 1.82) is 0 Å². The van der Waals surface area contributed by atoms with Gasteiger partial charge in [0.25, 0.3) is 5.91 Å². The number of anilines is 1. The Hall–Kier alpha value is -2.56. The molecule has 1 aromatic carbocycles. The number of para-hydroxylation sites is 1. The van der Waals surface area contributed by atoms with Crippen LogP contribution in [0.2, 0.25) is 0 Å². The summed E-state index contributed by atoms with van der Waals surface area (Å²) in [5.74, 6) is 0.755. The number of carbonyl (C=O) groups excluding carboxylic acids is 1. The van der Waals surface area contributed by atoms with Gasteiger partial charge in [0.05, 0.1) is 6.10 Å². The highest BCUT2D eigenvalue weighted by Gasteiger charge is 2.10. The van der Waals surface area contributed by atoms with Crippen LogP contribution in [0.15, 0.2) is 42.6 Å². The molecule has 122 valence electrons. The molecule has 2 aromatic rings. The van der Waals surface area contributed by atoms with Gasteiger partial charge in [0, 0.05) is 38.1 Å². The van der Waals surface area contributed by atoms with E-state index in [-0.39, 0.29) is 12.0 Å². The van der Waals surface area contributed by atoms with Crippen LogP contribution in [0.25, 0.3) is 0 Å². The summed E-state index contributed by atoms with van der Waals surface area (Å²) < 4.78 is 5.81. The number of nitrogens with zero attached hydrogens (tertiary/aromatic N) is 2. The van der Waals surface area contributed by atoms with Gasteiger partial charge in [0.2, 0.25) is 0 Å². The van der Waals surface area contributed by atoms with Gasteiger partial charge < -0.3 is 15.0 Å². The molecule has 0 spiro atoms. The number of carbonyl (C=O) groups is 1. The molecule has 1 aromatic heterocycles. The molecule has 2 rings (SSSR count). The monoisotopic (exact) mass is 313 g/mol. The molecule has 0 radical (unpaired) electrons. The SMILES string of the molecule is CC(C)Oc1ccccc1CNc1ccnc(C(=O)N(C)C)c1. The topological polar surface area (TPSA) is 54.5 Å². The van der Waals surface area contributed by atoms with Crippen LogP contribution in [-0.2, 0) is 6.54 Å². The zero-order valence-corrected chi connectivity index (χ0v) is 14.0. The number of ether oxygens (including phenoxy) is 1. The average Bonchev–Trinajstić information content (AvgIpc) is 2.53. The first-order valence-electron chi connectivity index (χ1n) is 7.63. The van der Waals surface area contributed by atoms with E-state index >= 15 is 0 Å². The molecule has 5 heteroatoms. The maximum Gasteiger partial charge on any atom is 0.272 e. The van der Waals surface area contributed by atoms with Crippen molar-refractivity contribution < 1.29 is 9.53 Å². The third-order valence-corrected chi connectivity index (χ3v) is 3.20. The first-order chi connectivity index (χ1) is 11.0. The first-order valence-corrected chi connectivity index (χ1v) is 7.63. The number of aromatic nitrogens is 1. The molecule has 23 heavy (non-hydrogen) atoms. The van der Waals surface area contributed by atoms with Gasteiger partial charge in [-0.3, -0.25) is 9.78 Å². The minimum absolute atomic E-state index is 0.114. The molecule has 5 nitrogen and oxygen atoms in total. The molecule has 0 bridgehead atoms. The first kappa shape index (κ1) is 16.8. The van der Waals surface area contributed by atoms with Crippen LogP contribution in [0, 0.1) is 0 Å². The number of nitrogens with one attached hydrogen (secondary N) is 1. The Morgan fingerprint density at radius 3 is 2.70 bits per heavy atom. The van der Waals surface area contributed by atoms with Crippen molar-refractivity contribution in [3.63, 3.8) is 0 Å². The third kappa shape index (κ3) is 4.71. The molecular formula is C18H23N3O2. The van der Waals surface area contributed by atoms with Crippen LogP contribution in [0.3, 0.4) is 0 Å². The summed E-state index contributed by atoms with van der Waals surface area (Å²) in [6.07, 6.45) is 1.76. The lowest BCUT2D eigenvalue weighted by Gasteiger charge is -2.15. The highest BCUT2D eigenvalue weighted by Crippen LogP contribution is 2.21. The lowest BCUT2D eigenvalue weighted by atomic mass is 10.2. The number of hydrogen-bond donors (Lipinski definition) is 1. The van der Waals surface area contributed by atoms with Crippen molar-refractivity contribution in [3.8, 4) is 5.75 Å². The summed E-state index contributed by atoms with van der Waals surface area (Å²) in [6.45, 7) is 4.63. The van der Waals surface area contributed by atoms with Crippen LogP contribution < -0.4 is 10.1 Å². The molecule has 1 heterocycles. The van der Waals surface area contributed by atoms with Gasteiger partial charge in [-0.25, -0.2) is 0 Å². The fraction of sp³-hybridized carbons (Fsp3) is 0.333. The highest BCUT2D eigenvalue weighted by molar-refractivity contribution is 5.92. The zero-order chi connectivity index (χ0) is 16.8. The van der Waals surface area contributed by atoms with Crippen LogP contribution in [0.4, 0.5) is 5.69 Å². The van der Waals surface area contributed by atoms with E-state index in [0.717, 1.165) is 17.0 Å². The van der Waals surface area contributed by atoms with Crippen molar-refractivity contribution in [3.05, 3.63) is 53.9 Å². The lowest BCUT2D eigenvalue weighted by Crippen LogP contribution is -2.22. The Morgan fingerprint density at radius 2 is 2.00 bits per heavy atom. The molecule has 0 aliphatic carbocycles. The van der Waals surface area contributed by atoms with Crippen molar-refractivity contribution in [1.82, 2.24) is 9.88 Å². The second-order valence-corrected chi connectivity index (χ2v) is 5.76. The maximum atomic E-state index is 12.0. The molecule has 0 atom stereocenters. The van der Waals surface area contributed by atoms with E-state index in [4.69, 9.17) is 4.74 Å². The van der Waals surface area contributed by atoms with E-state index in [0.29, 0.717) is 12.2 Å². The summed E-state index contributed by atoms with van der Waals surface area (Å²) in [5, 5.41) is 3.32. The second-order valence-electron chi connectivity index (χ2n) is 5.76. The minimum atomic E-state index is -0.114. The predicted molar refractivity (Wildman–Crippen MR) is 91.8 cm³/mol. The van der Waals surface area contributed by atoms with Gasteiger partial charge in [-0.2, -0.15) is 0 Å². The van der Waals surface area contributed by atoms with Crippen molar-refractivity contribution in [2.75, 3.05) is 19.4 Å². The fourth-order valence-electron chi connectivity index (χ4n) is 2.10. The summed E-state index contributed by atoms with van der Waals surface area (Å²) >= 11 is 0. The number of hydrogen-bond acceptors (Lipinski definition) is 4. The Balaban J connectivity index is 2.10. The van der Waals surface area contributed by atoms with E-state index in [1.165, 1.54) is 4.90 Å². The lowest BCUT2D eigenvalue weighted by molar-refractivity contribution is 0.0822. The molecule has 0 fully saturated rings. The predicted octanol–water partition coefficient (Wildman–Crippen LogP) is 3.18. The number of amides is 1. The van der Waals surface area contributed by atoms with E-state index in [1.807, 2.05) is 44.2 Å². The van der Waals surface area contributed by atoms with Gasteiger partial charge >= 0.3 is 0 Å². The van der Waals surface area contributed by atoms with E-state index < -0.39 is 0 Å². The van der Waals surface area contributed by atoms with Crippen molar-refractivity contribution in [2.45, 2.75) is 26.5 Å². The number of pyridine rings is 1. The molecule has 1 N–H and O–H groups in total. The molecule has 0 aliphatic heterocycles. The van der Waals surface area contributed by atoms with Gasteiger partial charge in [-0.1, -0.05) is 18.2 Å².